The van der Waals surface area contributed by atoms with Gasteiger partial charge in [-0.1, -0.05) is 29.8 Å². The Labute approximate surface area is 195 Å². The number of carbonyl (C=O) groups is 1. The molecule has 0 saturated heterocycles. The molecule has 0 aliphatic rings. The highest BCUT2D eigenvalue weighted by Gasteiger charge is 2.30. The number of nitrogens with one attached hydrogen (secondary N) is 2. The van der Waals surface area contributed by atoms with Gasteiger partial charge in [0, 0.05) is 17.1 Å². The van der Waals surface area contributed by atoms with Crippen LogP contribution < -0.4 is 15.4 Å². The third kappa shape index (κ3) is 5.67. The minimum Gasteiger partial charge on any atom is -0.484 e. The van der Waals surface area contributed by atoms with Gasteiger partial charge < -0.3 is 15.4 Å². The lowest BCUT2D eigenvalue weighted by atomic mass is 10.0. The van der Waals surface area contributed by atoms with E-state index in [0.29, 0.717) is 22.8 Å². The van der Waals surface area contributed by atoms with Crippen molar-refractivity contribution >= 4 is 33.7 Å². The van der Waals surface area contributed by atoms with Crippen LogP contribution in [0.3, 0.4) is 0 Å². The average molecular weight is 464 g/mol. The number of benzene rings is 4. The van der Waals surface area contributed by atoms with Gasteiger partial charge >= 0.3 is 6.18 Å². The lowest BCUT2D eigenvalue weighted by Gasteiger charge is -2.13. The second-order valence-corrected chi connectivity index (χ2v) is 8.08. The quantitative estimate of drug-likeness (QED) is 0.316. The Hall–Kier alpha value is -4.00. The van der Waals surface area contributed by atoms with Crippen molar-refractivity contribution in [2.24, 2.45) is 0 Å². The zero-order valence-corrected chi connectivity index (χ0v) is 18.7. The number of anilines is 3. The van der Waals surface area contributed by atoms with Crippen molar-refractivity contribution in [3.63, 3.8) is 0 Å². The molecule has 4 aromatic rings. The van der Waals surface area contributed by atoms with Crippen LogP contribution in [0.2, 0.25) is 0 Å². The van der Waals surface area contributed by atoms with Crippen LogP contribution in [0.5, 0.6) is 5.75 Å². The molecule has 0 aromatic heterocycles. The predicted molar refractivity (Wildman–Crippen MR) is 129 cm³/mol. The molecular weight excluding hydrogens is 441 g/mol. The van der Waals surface area contributed by atoms with E-state index in [9.17, 15) is 18.0 Å². The summed E-state index contributed by atoms with van der Waals surface area (Å²) < 4.78 is 44.5. The molecule has 0 radical (unpaired) electrons. The maximum absolute atomic E-state index is 13.0. The fourth-order valence-electron chi connectivity index (χ4n) is 3.61. The number of amides is 1. The zero-order valence-electron chi connectivity index (χ0n) is 18.7. The molecular formula is C27H23F3N2O2. The molecule has 174 valence electrons. The summed E-state index contributed by atoms with van der Waals surface area (Å²) in [5.41, 5.74) is 2.97. The Morgan fingerprint density at radius 1 is 0.853 bits per heavy atom. The van der Waals surface area contributed by atoms with Gasteiger partial charge in [0.25, 0.3) is 5.91 Å². The number of fused-ring (bicyclic) bond motifs is 1. The predicted octanol–water partition coefficient (Wildman–Crippen LogP) is 7.24. The standard InChI is InChI=1S/C27H23F3N2O2/c1-17-6-10-24(11-7-17)34-16-26(33)32-22-9-8-19-13-23(12-18(2)25(19)15-22)31-21-5-3-4-20(14-21)27(28,29)30/h3-15,31H,16H2,1-2H3,(H,32,33). The first-order valence-electron chi connectivity index (χ1n) is 10.7. The van der Waals surface area contributed by atoms with Crippen molar-refractivity contribution in [1.29, 1.82) is 0 Å². The minimum atomic E-state index is -4.40. The van der Waals surface area contributed by atoms with Crippen LogP contribution in [0.25, 0.3) is 10.8 Å². The fourth-order valence-corrected chi connectivity index (χ4v) is 3.61. The lowest BCUT2D eigenvalue weighted by Crippen LogP contribution is -2.20. The molecule has 0 saturated carbocycles. The second kappa shape index (κ2) is 9.47. The van der Waals surface area contributed by atoms with E-state index in [0.717, 1.165) is 34.0 Å². The number of rotatable bonds is 6. The summed E-state index contributed by atoms with van der Waals surface area (Å²) >= 11 is 0. The highest BCUT2D eigenvalue weighted by molar-refractivity contribution is 5.97. The summed E-state index contributed by atoms with van der Waals surface area (Å²) in [6.07, 6.45) is -4.40. The number of hydrogen-bond donors (Lipinski definition) is 2. The van der Waals surface area contributed by atoms with Crippen LogP contribution in [0.15, 0.2) is 78.9 Å². The third-order valence-corrected chi connectivity index (χ3v) is 5.31. The molecule has 0 spiro atoms. The Bertz CT molecular complexity index is 1330. The summed E-state index contributed by atoms with van der Waals surface area (Å²) in [6.45, 7) is 3.77. The summed E-state index contributed by atoms with van der Waals surface area (Å²) in [7, 11) is 0. The van der Waals surface area contributed by atoms with Gasteiger partial charge in [-0.2, -0.15) is 13.2 Å². The Morgan fingerprint density at radius 3 is 2.35 bits per heavy atom. The van der Waals surface area contributed by atoms with Crippen molar-refractivity contribution in [1.82, 2.24) is 0 Å². The van der Waals surface area contributed by atoms with Gasteiger partial charge in [-0.15, -0.1) is 0 Å². The van der Waals surface area contributed by atoms with Crippen LogP contribution in [-0.2, 0) is 11.0 Å². The average Bonchev–Trinajstić information content (AvgIpc) is 2.79. The highest BCUT2D eigenvalue weighted by atomic mass is 19.4. The molecule has 0 aliphatic carbocycles. The summed E-state index contributed by atoms with van der Waals surface area (Å²) in [5.74, 6) is 0.344. The molecule has 0 bridgehead atoms. The van der Waals surface area contributed by atoms with Crippen molar-refractivity contribution in [2.45, 2.75) is 20.0 Å². The van der Waals surface area contributed by atoms with Crippen molar-refractivity contribution < 1.29 is 22.7 Å². The normalized spacial score (nSPS) is 11.3. The molecule has 1 amide bonds. The molecule has 4 rings (SSSR count). The largest absolute Gasteiger partial charge is 0.484 e. The van der Waals surface area contributed by atoms with E-state index in [4.69, 9.17) is 4.74 Å². The lowest BCUT2D eigenvalue weighted by molar-refractivity contribution is -0.137. The molecule has 0 unspecified atom stereocenters. The van der Waals surface area contributed by atoms with E-state index in [1.165, 1.54) is 6.07 Å². The van der Waals surface area contributed by atoms with E-state index in [2.05, 4.69) is 10.6 Å². The molecule has 2 N–H and O–H groups in total. The molecule has 4 nitrogen and oxygen atoms in total. The molecule has 0 heterocycles. The van der Waals surface area contributed by atoms with E-state index < -0.39 is 11.7 Å². The first kappa shape index (κ1) is 23.2. The highest BCUT2D eigenvalue weighted by Crippen LogP contribution is 2.32. The maximum Gasteiger partial charge on any atom is 0.416 e. The van der Waals surface area contributed by atoms with Crippen LogP contribution in [-0.4, -0.2) is 12.5 Å². The Balaban J connectivity index is 1.46. The van der Waals surface area contributed by atoms with Gasteiger partial charge in [-0.05, 0) is 84.8 Å². The number of halogens is 3. The molecule has 0 aliphatic heterocycles. The van der Waals surface area contributed by atoms with E-state index in [-0.39, 0.29) is 12.5 Å². The summed E-state index contributed by atoms with van der Waals surface area (Å²) in [5, 5.41) is 7.69. The third-order valence-electron chi connectivity index (χ3n) is 5.31. The number of aryl methyl sites for hydroxylation is 2. The van der Waals surface area contributed by atoms with Crippen LogP contribution in [0, 0.1) is 13.8 Å². The number of alkyl halides is 3. The maximum atomic E-state index is 13.0. The minimum absolute atomic E-state index is 0.111. The van der Waals surface area contributed by atoms with Gasteiger partial charge in [0.15, 0.2) is 6.61 Å². The Kier molecular flexibility index (Phi) is 6.45. The van der Waals surface area contributed by atoms with E-state index in [1.807, 2.05) is 62.4 Å². The zero-order chi connectivity index (χ0) is 24.3. The fraction of sp³-hybridized carbons (Fsp3) is 0.148. The van der Waals surface area contributed by atoms with Crippen molar-refractivity contribution in [2.75, 3.05) is 17.2 Å². The Morgan fingerprint density at radius 2 is 1.62 bits per heavy atom. The number of ether oxygens (including phenoxy) is 1. The molecule has 0 atom stereocenters. The second-order valence-electron chi connectivity index (χ2n) is 8.08. The monoisotopic (exact) mass is 464 g/mol. The number of hydrogen-bond acceptors (Lipinski definition) is 3. The van der Waals surface area contributed by atoms with Gasteiger partial charge in [0.2, 0.25) is 0 Å². The first-order valence-corrected chi connectivity index (χ1v) is 10.7. The number of carbonyl (C=O) groups excluding carboxylic acids is 1. The van der Waals surface area contributed by atoms with Gasteiger partial charge in [0.05, 0.1) is 5.56 Å². The smallest absolute Gasteiger partial charge is 0.416 e. The van der Waals surface area contributed by atoms with Crippen LogP contribution >= 0.6 is 0 Å². The van der Waals surface area contributed by atoms with E-state index >= 15 is 0 Å². The van der Waals surface area contributed by atoms with Crippen molar-refractivity contribution in [3.05, 3.63) is 95.6 Å². The van der Waals surface area contributed by atoms with Crippen molar-refractivity contribution in [3.8, 4) is 5.75 Å². The molecule has 4 aromatic carbocycles. The summed E-state index contributed by atoms with van der Waals surface area (Å²) in [6, 6.07) is 21.7. The van der Waals surface area contributed by atoms with Gasteiger partial charge in [-0.3, -0.25) is 4.79 Å². The summed E-state index contributed by atoms with van der Waals surface area (Å²) in [4.78, 5) is 12.3. The van der Waals surface area contributed by atoms with Crippen LogP contribution in [0.4, 0.5) is 30.2 Å². The molecule has 7 heteroatoms. The molecule has 0 fully saturated rings. The topological polar surface area (TPSA) is 50.4 Å². The molecule has 34 heavy (non-hydrogen) atoms. The van der Waals surface area contributed by atoms with Crippen LogP contribution in [0.1, 0.15) is 16.7 Å². The SMILES string of the molecule is Cc1ccc(OCC(=O)Nc2ccc3cc(Nc4cccc(C(F)(F)F)c4)cc(C)c3c2)cc1. The van der Waals surface area contributed by atoms with Gasteiger partial charge in [0.1, 0.15) is 5.75 Å². The van der Waals surface area contributed by atoms with E-state index in [1.54, 1.807) is 12.1 Å². The first-order chi connectivity index (χ1) is 16.2. The van der Waals surface area contributed by atoms with Gasteiger partial charge in [-0.25, -0.2) is 0 Å².